The summed E-state index contributed by atoms with van der Waals surface area (Å²) in [6.07, 6.45) is 1.29. The minimum Gasteiger partial charge on any atom is -0.495 e. The van der Waals surface area contributed by atoms with Crippen LogP contribution in [0.4, 0.5) is 11.4 Å². The molecule has 1 N–H and O–H groups in total. The van der Waals surface area contributed by atoms with Gasteiger partial charge in [0.1, 0.15) is 12.3 Å². The third-order valence-corrected chi connectivity index (χ3v) is 5.17. The molecule has 0 aliphatic carbocycles. The van der Waals surface area contributed by atoms with E-state index in [-0.39, 0.29) is 24.3 Å². The maximum atomic E-state index is 12.6. The van der Waals surface area contributed by atoms with Crippen LogP contribution in [0.3, 0.4) is 0 Å². The number of carbonyl (C=O) groups excluding carboxylic acids is 3. The van der Waals surface area contributed by atoms with Crippen molar-refractivity contribution in [3.63, 3.8) is 0 Å². The monoisotopic (exact) mass is 391 g/mol. The zero-order valence-electron chi connectivity index (χ0n) is 16.1. The van der Waals surface area contributed by atoms with Gasteiger partial charge < -0.3 is 15.0 Å². The Hall–Kier alpha value is -3.61. The van der Waals surface area contributed by atoms with Gasteiger partial charge in [-0.2, -0.15) is 0 Å². The van der Waals surface area contributed by atoms with Crippen LogP contribution in [0.25, 0.3) is 5.70 Å². The van der Waals surface area contributed by atoms with Crippen molar-refractivity contribution in [1.82, 2.24) is 4.90 Å². The van der Waals surface area contributed by atoms with Crippen molar-refractivity contribution < 1.29 is 19.1 Å². The molecule has 0 atom stereocenters. The second kappa shape index (κ2) is 7.43. The summed E-state index contributed by atoms with van der Waals surface area (Å²) in [6.45, 7) is 4.42. The Labute approximate surface area is 168 Å². The second-order valence-corrected chi connectivity index (χ2v) is 6.97. The molecular formula is C22H21N3O4. The number of rotatable bonds is 5. The highest BCUT2D eigenvalue weighted by Gasteiger charge is 2.32. The Bertz CT molecular complexity index is 995. The lowest BCUT2D eigenvalue weighted by Crippen LogP contribution is -2.32. The molecule has 1 fully saturated rings. The molecule has 0 bridgehead atoms. The topological polar surface area (TPSA) is 79.0 Å². The number of ether oxygens (including phenoxy) is 1. The average Bonchev–Trinajstić information content (AvgIpc) is 3.25. The van der Waals surface area contributed by atoms with Gasteiger partial charge in [-0.25, -0.2) is 0 Å². The molecule has 4 rings (SSSR count). The van der Waals surface area contributed by atoms with Gasteiger partial charge in [0.15, 0.2) is 0 Å². The first-order valence-corrected chi connectivity index (χ1v) is 9.38. The molecule has 0 spiro atoms. The maximum absolute atomic E-state index is 12.6. The van der Waals surface area contributed by atoms with Gasteiger partial charge in [-0.3, -0.25) is 19.3 Å². The van der Waals surface area contributed by atoms with E-state index in [4.69, 9.17) is 4.74 Å². The van der Waals surface area contributed by atoms with Gasteiger partial charge in [-0.1, -0.05) is 24.8 Å². The van der Waals surface area contributed by atoms with Gasteiger partial charge in [-0.05, 0) is 30.7 Å². The molecular weight excluding hydrogens is 370 g/mol. The van der Waals surface area contributed by atoms with Crippen LogP contribution in [0, 0.1) is 0 Å². The molecule has 0 radical (unpaired) electrons. The minimum atomic E-state index is -0.351. The van der Waals surface area contributed by atoms with Crippen molar-refractivity contribution in [1.29, 1.82) is 0 Å². The number of hydrogen-bond acceptors (Lipinski definition) is 4. The van der Waals surface area contributed by atoms with Crippen LogP contribution >= 0.6 is 0 Å². The number of nitrogens with zero attached hydrogens (tertiary/aromatic N) is 2. The van der Waals surface area contributed by atoms with E-state index in [0.29, 0.717) is 41.4 Å². The Balaban J connectivity index is 1.50. The molecule has 2 aliphatic heterocycles. The predicted molar refractivity (Wildman–Crippen MR) is 110 cm³/mol. The van der Waals surface area contributed by atoms with Crippen molar-refractivity contribution >= 4 is 34.8 Å². The van der Waals surface area contributed by atoms with Crippen LogP contribution in [0.2, 0.25) is 0 Å². The lowest BCUT2D eigenvalue weighted by molar-refractivity contribution is -0.117. The normalized spacial score (nSPS) is 15.7. The summed E-state index contributed by atoms with van der Waals surface area (Å²) in [4.78, 5) is 40.3. The van der Waals surface area contributed by atoms with E-state index in [1.165, 1.54) is 4.90 Å². The van der Waals surface area contributed by atoms with E-state index in [9.17, 15) is 14.4 Å². The number of carbonyl (C=O) groups is 3. The largest absolute Gasteiger partial charge is 0.495 e. The molecule has 1 saturated heterocycles. The number of amides is 3. The SMILES string of the molecule is C=C1c2ccccc2C(=O)N1CC(=O)Nc1ccc(OC)c(N2CCCC2=O)c1. The Morgan fingerprint density at radius 3 is 2.59 bits per heavy atom. The molecule has 0 unspecified atom stereocenters. The highest BCUT2D eigenvalue weighted by Crippen LogP contribution is 2.34. The van der Waals surface area contributed by atoms with Crippen LogP contribution < -0.4 is 15.0 Å². The highest BCUT2D eigenvalue weighted by atomic mass is 16.5. The van der Waals surface area contributed by atoms with Crippen molar-refractivity contribution in [3.05, 3.63) is 60.2 Å². The molecule has 2 aromatic carbocycles. The van der Waals surface area contributed by atoms with Gasteiger partial charge in [0, 0.05) is 35.5 Å². The van der Waals surface area contributed by atoms with Crippen molar-refractivity contribution in [2.24, 2.45) is 0 Å². The first-order valence-electron chi connectivity index (χ1n) is 9.38. The van der Waals surface area contributed by atoms with Gasteiger partial charge in [0.05, 0.1) is 12.8 Å². The van der Waals surface area contributed by atoms with Crippen LogP contribution in [0.5, 0.6) is 5.75 Å². The van der Waals surface area contributed by atoms with Crippen molar-refractivity contribution in [2.75, 3.05) is 30.4 Å². The summed E-state index contributed by atoms with van der Waals surface area (Å²) in [5, 5.41) is 2.80. The average molecular weight is 391 g/mol. The van der Waals surface area contributed by atoms with Crippen LogP contribution in [-0.4, -0.2) is 42.8 Å². The Morgan fingerprint density at radius 2 is 1.93 bits per heavy atom. The molecule has 29 heavy (non-hydrogen) atoms. The Morgan fingerprint density at radius 1 is 1.17 bits per heavy atom. The summed E-state index contributed by atoms with van der Waals surface area (Å²) in [5.74, 6) is 0.00954. The summed E-state index contributed by atoms with van der Waals surface area (Å²) in [6, 6.07) is 12.3. The lowest BCUT2D eigenvalue weighted by Gasteiger charge is -2.21. The minimum absolute atomic E-state index is 0.0310. The van der Waals surface area contributed by atoms with E-state index < -0.39 is 0 Å². The molecule has 3 amide bonds. The number of methoxy groups -OCH3 is 1. The molecule has 2 heterocycles. The quantitative estimate of drug-likeness (QED) is 0.850. The molecule has 148 valence electrons. The van der Waals surface area contributed by atoms with E-state index in [0.717, 1.165) is 12.0 Å². The zero-order valence-corrected chi connectivity index (χ0v) is 16.1. The maximum Gasteiger partial charge on any atom is 0.259 e. The molecule has 7 nitrogen and oxygen atoms in total. The molecule has 2 aliphatic rings. The van der Waals surface area contributed by atoms with Crippen LogP contribution in [0.1, 0.15) is 28.8 Å². The first-order chi connectivity index (χ1) is 14.0. The van der Waals surface area contributed by atoms with Crippen molar-refractivity contribution in [3.8, 4) is 5.75 Å². The third-order valence-electron chi connectivity index (χ3n) is 5.17. The first kappa shape index (κ1) is 18.7. The highest BCUT2D eigenvalue weighted by molar-refractivity contribution is 6.11. The summed E-state index contributed by atoms with van der Waals surface area (Å²) in [7, 11) is 1.54. The second-order valence-electron chi connectivity index (χ2n) is 6.97. The summed E-state index contributed by atoms with van der Waals surface area (Å²) < 4.78 is 5.37. The fourth-order valence-corrected chi connectivity index (χ4v) is 3.73. The molecule has 2 aromatic rings. The standard InChI is InChI=1S/C22H21N3O4/c1-14-16-6-3-4-7-17(16)22(28)25(14)13-20(26)23-15-9-10-19(29-2)18(12-15)24-11-5-8-21(24)27/h3-4,6-7,9-10,12H,1,5,8,11,13H2,2H3,(H,23,26). The van der Waals surface area contributed by atoms with Gasteiger partial charge in [0.25, 0.3) is 5.91 Å². The number of nitrogens with one attached hydrogen (secondary N) is 1. The van der Waals surface area contributed by atoms with Crippen LogP contribution in [-0.2, 0) is 9.59 Å². The van der Waals surface area contributed by atoms with Gasteiger partial charge in [-0.15, -0.1) is 0 Å². The number of fused-ring (bicyclic) bond motifs is 1. The van der Waals surface area contributed by atoms with E-state index in [1.54, 1.807) is 42.3 Å². The summed E-state index contributed by atoms with van der Waals surface area (Å²) >= 11 is 0. The smallest absolute Gasteiger partial charge is 0.259 e. The third kappa shape index (κ3) is 3.35. The predicted octanol–water partition coefficient (Wildman–Crippen LogP) is 2.89. The molecule has 0 aromatic heterocycles. The van der Waals surface area contributed by atoms with E-state index >= 15 is 0 Å². The number of hydrogen-bond donors (Lipinski definition) is 1. The van der Waals surface area contributed by atoms with E-state index in [2.05, 4.69) is 11.9 Å². The van der Waals surface area contributed by atoms with Crippen LogP contribution in [0.15, 0.2) is 49.0 Å². The fraction of sp³-hybridized carbons (Fsp3) is 0.227. The fourth-order valence-electron chi connectivity index (χ4n) is 3.73. The Kier molecular flexibility index (Phi) is 4.80. The summed E-state index contributed by atoms with van der Waals surface area (Å²) in [5.41, 5.74) is 2.95. The molecule has 7 heteroatoms. The zero-order chi connectivity index (χ0) is 20.5. The van der Waals surface area contributed by atoms with Gasteiger partial charge >= 0.3 is 0 Å². The van der Waals surface area contributed by atoms with Gasteiger partial charge in [0.2, 0.25) is 11.8 Å². The lowest BCUT2D eigenvalue weighted by atomic mass is 10.1. The van der Waals surface area contributed by atoms with Crippen molar-refractivity contribution in [2.45, 2.75) is 12.8 Å². The number of benzene rings is 2. The van der Waals surface area contributed by atoms with E-state index in [1.807, 2.05) is 12.1 Å². The number of anilines is 2. The molecule has 0 saturated carbocycles.